The van der Waals surface area contributed by atoms with Gasteiger partial charge in [-0.05, 0) is 53.3 Å². The maximum absolute atomic E-state index is 15.0. The fraction of sp³-hybridized carbons (Fsp3) is 0.323. The first kappa shape index (κ1) is 32.0. The Morgan fingerprint density at radius 1 is 1.17 bits per heavy atom. The highest BCUT2D eigenvalue weighted by Crippen LogP contribution is 2.50. The molecule has 3 atom stereocenters. The van der Waals surface area contributed by atoms with Gasteiger partial charge in [-0.2, -0.15) is 5.26 Å². The molecule has 3 aromatic rings. The molecule has 41 heavy (non-hydrogen) atoms. The Morgan fingerprint density at radius 3 is 2.41 bits per heavy atom. The monoisotopic (exact) mass is 601 g/mol. The van der Waals surface area contributed by atoms with E-state index in [4.69, 9.17) is 28.3 Å². The van der Waals surface area contributed by atoms with Gasteiger partial charge in [0, 0.05) is 34.8 Å². The molecule has 6 nitrogen and oxygen atoms in total. The van der Waals surface area contributed by atoms with Gasteiger partial charge in [0.05, 0.1) is 17.5 Å². The van der Waals surface area contributed by atoms with E-state index in [-0.39, 0.29) is 33.5 Å². The van der Waals surface area contributed by atoms with Crippen molar-refractivity contribution in [2.24, 2.45) is 5.41 Å². The average molecular weight is 603 g/mol. The predicted octanol–water partition coefficient (Wildman–Crippen LogP) is 7.11. The van der Waals surface area contributed by atoms with Crippen LogP contribution in [0, 0.1) is 28.4 Å². The van der Waals surface area contributed by atoms with Gasteiger partial charge in [0.2, 0.25) is 6.41 Å². The number of benzene rings is 3. The predicted molar refractivity (Wildman–Crippen MR) is 156 cm³/mol. The lowest BCUT2D eigenvalue weighted by atomic mass is 9.64. The summed E-state index contributed by atoms with van der Waals surface area (Å²) >= 11 is 11.9. The molecule has 10 heteroatoms. The Kier molecular flexibility index (Phi) is 10.5. The lowest BCUT2D eigenvalue weighted by Crippen LogP contribution is -2.44. The number of hydrogen-bond acceptors (Lipinski definition) is 4. The van der Waals surface area contributed by atoms with Crippen LogP contribution in [0.2, 0.25) is 10.0 Å². The molecule has 0 bridgehead atoms. The molecule has 0 spiro atoms. The zero-order valence-corrected chi connectivity index (χ0v) is 24.4. The van der Waals surface area contributed by atoms with Crippen molar-refractivity contribution in [2.45, 2.75) is 51.0 Å². The second-order valence-corrected chi connectivity index (χ2v) is 11.9. The second-order valence-electron chi connectivity index (χ2n) is 11.1. The number of carbonyl (C=O) groups excluding carboxylic acids is 1. The Bertz CT molecular complexity index is 1440. The van der Waals surface area contributed by atoms with Crippen molar-refractivity contribution in [1.82, 2.24) is 5.32 Å². The number of carboxylic acids is 1. The van der Waals surface area contributed by atoms with E-state index in [0.717, 1.165) is 0 Å². The molecule has 2 unspecified atom stereocenters. The van der Waals surface area contributed by atoms with Crippen molar-refractivity contribution in [2.75, 3.05) is 11.9 Å². The fourth-order valence-electron chi connectivity index (χ4n) is 5.19. The van der Waals surface area contributed by atoms with Crippen LogP contribution in [-0.2, 0) is 21.4 Å². The van der Waals surface area contributed by atoms with Crippen LogP contribution < -0.4 is 10.6 Å². The van der Waals surface area contributed by atoms with Gasteiger partial charge in [-0.3, -0.25) is 9.59 Å². The number of anilines is 1. The van der Waals surface area contributed by atoms with Gasteiger partial charge in [0.15, 0.2) is 0 Å². The number of aliphatic carboxylic acids is 1. The first-order valence-electron chi connectivity index (χ1n) is 12.9. The van der Waals surface area contributed by atoms with E-state index in [9.17, 15) is 19.2 Å². The molecule has 0 radical (unpaired) electrons. The van der Waals surface area contributed by atoms with Crippen molar-refractivity contribution in [3.05, 3.63) is 99.0 Å². The third-order valence-corrected chi connectivity index (χ3v) is 7.46. The molecule has 0 aromatic heterocycles. The van der Waals surface area contributed by atoms with Gasteiger partial charge < -0.3 is 15.7 Å². The summed E-state index contributed by atoms with van der Waals surface area (Å²) in [6, 6.07) is 17.7. The number of nitriles is 1. The molecule has 1 heterocycles. The molecule has 1 amide bonds. The molecule has 3 N–H and O–H groups in total. The summed E-state index contributed by atoms with van der Waals surface area (Å²) in [6.45, 7) is 6.51. The van der Waals surface area contributed by atoms with Crippen LogP contribution in [0.25, 0.3) is 0 Å². The Hall–Kier alpha value is -3.51. The summed E-state index contributed by atoms with van der Waals surface area (Å²) in [7, 11) is 0. The first-order chi connectivity index (χ1) is 19.3. The van der Waals surface area contributed by atoms with Crippen LogP contribution in [0.3, 0.4) is 0 Å². The molecular formula is C31H31Cl2F2N3O3. The largest absolute Gasteiger partial charge is 0.481 e. The Labute approximate surface area is 248 Å². The van der Waals surface area contributed by atoms with Crippen molar-refractivity contribution in [3.8, 4) is 6.07 Å². The van der Waals surface area contributed by atoms with Crippen LogP contribution in [0.1, 0.15) is 49.8 Å². The topological polar surface area (TPSA) is 102 Å². The van der Waals surface area contributed by atoms with Crippen molar-refractivity contribution in [3.63, 3.8) is 0 Å². The van der Waals surface area contributed by atoms with Gasteiger partial charge in [0.25, 0.3) is 0 Å². The molecule has 4 rings (SSSR count). The van der Waals surface area contributed by atoms with Crippen molar-refractivity contribution >= 4 is 41.3 Å². The number of carboxylic acid groups (broad SMARTS) is 1. The molecule has 1 aliphatic rings. The summed E-state index contributed by atoms with van der Waals surface area (Å²) in [4.78, 5) is 20.3. The zero-order chi connectivity index (χ0) is 30.4. The van der Waals surface area contributed by atoms with E-state index < -0.39 is 28.9 Å². The molecule has 1 saturated heterocycles. The first-order valence-corrected chi connectivity index (χ1v) is 13.6. The van der Waals surface area contributed by atoms with Gasteiger partial charge in [-0.1, -0.05) is 74.3 Å². The zero-order valence-electron chi connectivity index (χ0n) is 22.8. The minimum atomic E-state index is -1.30. The van der Waals surface area contributed by atoms with E-state index >= 15 is 4.39 Å². The Morgan fingerprint density at radius 2 is 1.85 bits per heavy atom. The lowest BCUT2D eigenvalue weighted by Gasteiger charge is -2.37. The highest BCUT2D eigenvalue weighted by molar-refractivity contribution is 6.31. The number of rotatable bonds is 7. The third kappa shape index (κ3) is 7.62. The highest BCUT2D eigenvalue weighted by Gasteiger charge is 2.55. The maximum atomic E-state index is 15.0. The van der Waals surface area contributed by atoms with Gasteiger partial charge in [-0.25, -0.2) is 8.78 Å². The second kappa shape index (κ2) is 13.4. The van der Waals surface area contributed by atoms with E-state index in [1.165, 1.54) is 12.1 Å². The summed E-state index contributed by atoms with van der Waals surface area (Å²) < 4.78 is 29.9. The van der Waals surface area contributed by atoms with Gasteiger partial charge >= 0.3 is 5.97 Å². The number of carbonyl (C=O) groups is 2. The van der Waals surface area contributed by atoms with Crippen LogP contribution in [-0.4, -0.2) is 30.1 Å². The molecule has 216 valence electrons. The molecular weight excluding hydrogens is 571 g/mol. The van der Waals surface area contributed by atoms with Crippen LogP contribution in [0.5, 0.6) is 0 Å². The summed E-state index contributed by atoms with van der Waals surface area (Å²) in [5, 5.41) is 24.9. The van der Waals surface area contributed by atoms with Gasteiger partial charge in [0.1, 0.15) is 17.0 Å². The van der Waals surface area contributed by atoms with Gasteiger partial charge in [-0.15, -0.1) is 0 Å². The molecule has 1 aliphatic heterocycles. The number of nitrogens with zero attached hydrogens (tertiary/aromatic N) is 1. The van der Waals surface area contributed by atoms with E-state index in [1.54, 1.807) is 48.5 Å². The normalized spacial score (nSPS) is 20.0. The minimum Gasteiger partial charge on any atom is -0.481 e. The van der Waals surface area contributed by atoms with E-state index in [0.29, 0.717) is 36.2 Å². The standard InChI is InChI=1S/C22H22Cl2F2N2.C9H9NO3/c1-21(2,3)10-19-22(12-27,15-8-7-13(23)9-18(15)25)16(11-28-19)14-5-4-6-17(24)20(14)26;11-6-10-8-3-1-7(2-4-8)5-9(12)13/h4-9,16,19,28H,10-11H2,1-3H3;1-4,6H,5H2,(H,10,11)(H,12,13)/t16?,19?,22-;/m1./s1. The number of halogens is 4. The fourth-order valence-corrected chi connectivity index (χ4v) is 5.53. The minimum absolute atomic E-state index is 0.00136. The average Bonchev–Trinajstić information content (AvgIpc) is 3.24. The molecule has 0 saturated carbocycles. The molecule has 0 aliphatic carbocycles. The summed E-state index contributed by atoms with van der Waals surface area (Å²) in [5.74, 6) is -2.60. The quantitative estimate of drug-likeness (QED) is 0.250. The maximum Gasteiger partial charge on any atom is 0.307 e. The SMILES string of the molecule is CC(C)(C)CC1NCC(c2cccc(Cl)c2F)[C@@]1(C#N)c1ccc(Cl)cc1F.O=CNc1ccc(CC(=O)O)cc1. The summed E-state index contributed by atoms with van der Waals surface area (Å²) in [6.07, 6.45) is 1.19. The van der Waals surface area contributed by atoms with E-state index in [1.807, 2.05) is 0 Å². The van der Waals surface area contributed by atoms with Crippen LogP contribution >= 0.6 is 23.2 Å². The van der Waals surface area contributed by atoms with E-state index in [2.05, 4.69) is 37.5 Å². The highest BCUT2D eigenvalue weighted by atomic mass is 35.5. The van der Waals surface area contributed by atoms with Crippen LogP contribution in [0.4, 0.5) is 14.5 Å². The van der Waals surface area contributed by atoms with Crippen molar-refractivity contribution in [1.29, 1.82) is 5.26 Å². The number of nitrogens with one attached hydrogen (secondary N) is 2. The van der Waals surface area contributed by atoms with Crippen LogP contribution in [0.15, 0.2) is 60.7 Å². The number of amides is 1. The van der Waals surface area contributed by atoms with Crippen molar-refractivity contribution < 1.29 is 23.5 Å². The molecule has 1 fully saturated rings. The molecule has 3 aromatic carbocycles. The Balaban J connectivity index is 0.000000298. The third-order valence-electron chi connectivity index (χ3n) is 6.94. The number of hydrogen-bond donors (Lipinski definition) is 3. The summed E-state index contributed by atoms with van der Waals surface area (Å²) in [5.41, 5.74) is 0.487. The lowest BCUT2D eigenvalue weighted by molar-refractivity contribution is -0.136. The smallest absolute Gasteiger partial charge is 0.307 e.